The van der Waals surface area contributed by atoms with Crippen LogP contribution in [0.25, 0.3) is 0 Å². The van der Waals surface area contributed by atoms with Crippen molar-refractivity contribution in [2.45, 2.75) is 37.5 Å². The summed E-state index contributed by atoms with van der Waals surface area (Å²) in [5.74, 6) is -0.0384. The zero-order valence-corrected chi connectivity index (χ0v) is 16.9. The lowest BCUT2D eigenvalue weighted by Gasteiger charge is -2.18. The quantitative estimate of drug-likeness (QED) is 0.351. The monoisotopic (exact) mass is 461 g/mol. The number of hydrogen-bond donors (Lipinski definition) is 6. The first-order valence-electron chi connectivity index (χ1n) is 7.76. The molecule has 2 rings (SSSR count). The molecule has 0 saturated heterocycles. The average molecular weight is 462 g/mol. The van der Waals surface area contributed by atoms with Crippen molar-refractivity contribution in [2.75, 3.05) is 10.6 Å². The molecule has 0 amide bonds. The number of aliphatic hydroxyl groups excluding tert-OH is 2. The topological polar surface area (TPSA) is 171 Å². The smallest absolute Gasteiger partial charge is 0.242 e. The number of aromatic nitrogens is 2. The van der Waals surface area contributed by atoms with Crippen molar-refractivity contribution >= 4 is 43.4 Å². The van der Waals surface area contributed by atoms with Gasteiger partial charge in [0.2, 0.25) is 16.0 Å². The van der Waals surface area contributed by atoms with Gasteiger partial charge in [-0.1, -0.05) is 0 Å². The van der Waals surface area contributed by atoms with Crippen molar-refractivity contribution in [2.24, 2.45) is 5.14 Å². The number of phenolic OH excluding ortho intramolecular Hbond substituents is 1. The summed E-state index contributed by atoms with van der Waals surface area (Å²) < 4.78 is 23.7. The van der Waals surface area contributed by atoms with Crippen LogP contribution < -0.4 is 15.8 Å². The Labute approximate surface area is 164 Å². The van der Waals surface area contributed by atoms with Crippen LogP contribution >= 0.6 is 15.9 Å². The Morgan fingerprint density at radius 2 is 2.00 bits per heavy atom. The summed E-state index contributed by atoms with van der Waals surface area (Å²) in [6.45, 7) is 2.77. The molecule has 2 atom stereocenters. The summed E-state index contributed by atoms with van der Waals surface area (Å²) in [6.07, 6.45) is 0.871. The molecule has 0 unspecified atom stereocenters. The van der Waals surface area contributed by atoms with Gasteiger partial charge >= 0.3 is 0 Å². The Morgan fingerprint density at radius 1 is 1.33 bits per heavy atom. The molecule has 0 bridgehead atoms. The van der Waals surface area contributed by atoms with E-state index in [2.05, 4.69) is 36.5 Å². The third-order valence-electron chi connectivity index (χ3n) is 3.69. The summed E-state index contributed by atoms with van der Waals surface area (Å²) in [4.78, 5) is 7.81. The van der Waals surface area contributed by atoms with Crippen LogP contribution in [-0.2, 0) is 16.6 Å². The molecule has 0 radical (unpaired) electrons. The summed E-state index contributed by atoms with van der Waals surface area (Å²) in [7, 11) is -4.21. The number of halogens is 1. The van der Waals surface area contributed by atoms with E-state index in [4.69, 9.17) is 5.14 Å². The fourth-order valence-corrected chi connectivity index (χ4v) is 3.33. The minimum atomic E-state index is -4.21. The van der Waals surface area contributed by atoms with Crippen molar-refractivity contribution in [1.82, 2.24) is 9.97 Å². The zero-order chi connectivity index (χ0) is 20.4. The van der Waals surface area contributed by atoms with Crippen LogP contribution in [0.3, 0.4) is 0 Å². The maximum absolute atomic E-state index is 11.6. The second kappa shape index (κ2) is 8.35. The highest BCUT2D eigenvalue weighted by Crippen LogP contribution is 2.31. The molecule has 0 aliphatic rings. The fourth-order valence-electron chi connectivity index (χ4n) is 2.18. The molecule has 0 aliphatic heterocycles. The van der Waals surface area contributed by atoms with E-state index in [-0.39, 0.29) is 23.2 Å². The Balaban J connectivity index is 2.36. The van der Waals surface area contributed by atoms with Gasteiger partial charge in [0.1, 0.15) is 16.5 Å². The number of nitrogens with two attached hydrogens (primary N) is 1. The number of hydrogen-bond acceptors (Lipinski definition) is 9. The molecular weight excluding hydrogens is 442 g/mol. The molecule has 1 aromatic heterocycles. The SMILES string of the molecule is C[C@@H](O)[C@@H](C)Nc1nc(Nc2cc(O)c(S(N)(=O)=O)c(CO)c2)ncc1Br. The standard InChI is InChI=1S/C15H20BrN5O5S/c1-7(8(2)23)19-14-11(16)5-18-15(21-14)20-10-3-9(6-22)13(12(24)4-10)27(17,25)26/h3-5,7-8,22-24H,6H2,1-2H3,(H2,17,25,26)(H2,18,19,20,21)/t7-,8-/m1/s1. The van der Waals surface area contributed by atoms with Crippen LogP contribution in [0.5, 0.6) is 5.75 Å². The second-order valence-electron chi connectivity index (χ2n) is 5.88. The fraction of sp³-hybridized carbons (Fsp3) is 0.333. The van der Waals surface area contributed by atoms with Crippen molar-refractivity contribution in [3.8, 4) is 5.75 Å². The van der Waals surface area contributed by atoms with Crippen LogP contribution in [0.4, 0.5) is 17.5 Å². The Kier molecular flexibility index (Phi) is 6.59. The third-order valence-corrected chi connectivity index (χ3v) is 5.31. The predicted octanol–water partition coefficient (Wildman–Crippen LogP) is 1.01. The van der Waals surface area contributed by atoms with Crippen molar-refractivity contribution in [1.29, 1.82) is 0 Å². The first kappa shape index (κ1) is 21.3. The van der Waals surface area contributed by atoms with Gasteiger partial charge < -0.3 is 26.0 Å². The number of nitrogens with zero attached hydrogens (tertiary/aromatic N) is 2. The van der Waals surface area contributed by atoms with Gasteiger partial charge in [-0.2, -0.15) is 4.98 Å². The van der Waals surface area contributed by atoms with Gasteiger partial charge in [0.25, 0.3) is 0 Å². The van der Waals surface area contributed by atoms with Gasteiger partial charge in [-0.25, -0.2) is 18.5 Å². The number of benzene rings is 1. The van der Waals surface area contributed by atoms with Crippen LogP contribution in [0, 0.1) is 0 Å². The first-order valence-corrected chi connectivity index (χ1v) is 10.1. The Bertz CT molecular complexity index is 938. The number of phenols is 1. The van der Waals surface area contributed by atoms with E-state index in [9.17, 15) is 23.7 Å². The lowest BCUT2D eigenvalue weighted by molar-refractivity contribution is 0.177. The lowest BCUT2D eigenvalue weighted by Crippen LogP contribution is -2.28. The van der Waals surface area contributed by atoms with E-state index in [1.807, 2.05) is 0 Å². The highest BCUT2D eigenvalue weighted by Gasteiger charge is 2.20. The van der Waals surface area contributed by atoms with Crippen LogP contribution in [0.2, 0.25) is 0 Å². The maximum Gasteiger partial charge on any atom is 0.242 e. The van der Waals surface area contributed by atoms with E-state index in [1.54, 1.807) is 13.8 Å². The summed E-state index contributed by atoms with van der Waals surface area (Å²) in [5.41, 5.74) is 0.180. The number of primary sulfonamides is 1. The van der Waals surface area contributed by atoms with Crippen molar-refractivity contribution in [3.63, 3.8) is 0 Å². The Hall–Kier alpha value is -1.99. The normalized spacial score (nSPS) is 13.9. The third kappa shape index (κ3) is 5.26. The molecule has 0 fully saturated rings. The van der Waals surface area contributed by atoms with Gasteiger partial charge in [0, 0.05) is 23.5 Å². The van der Waals surface area contributed by atoms with Crippen LogP contribution in [0.15, 0.2) is 27.7 Å². The van der Waals surface area contributed by atoms with Crippen LogP contribution in [-0.4, -0.2) is 45.9 Å². The lowest BCUT2D eigenvalue weighted by atomic mass is 10.2. The van der Waals surface area contributed by atoms with Gasteiger partial charge in [-0.3, -0.25) is 0 Å². The van der Waals surface area contributed by atoms with E-state index in [1.165, 1.54) is 12.3 Å². The van der Waals surface area contributed by atoms with Crippen molar-refractivity contribution in [3.05, 3.63) is 28.4 Å². The number of sulfonamides is 1. The summed E-state index contributed by atoms with van der Waals surface area (Å²) >= 11 is 3.31. The van der Waals surface area contributed by atoms with Gasteiger partial charge in [-0.15, -0.1) is 0 Å². The van der Waals surface area contributed by atoms with Crippen molar-refractivity contribution < 1.29 is 23.7 Å². The number of aliphatic hydroxyl groups is 2. The van der Waals surface area contributed by atoms with E-state index >= 15 is 0 Å². The molecule has 0 aliphatic carbocycles. The highest BCUT2D eigenvalue weighted by atomic mass is 79.9. The molecule has 148 valence electrons. The molecule has 10 nitrogen and oxygen atoms in total. The number of nitrogens with one attached hydrogen (secondary N) is 2. The van der Waals surface area contributed by atoms with E-state index < -0.39 is 33.4 Å². The minimum Gasteiger partial charge on any atom is -0.506 e. The maximum atomic E-state index is 11.6. The highest BCUT2D eigenvalue weighted by molar-refractivity contribution is 9.10. The molecule has 1 heterocycles. The molecule has 12 heteroatoms. The molecular formula is C15H20BrN5O5S. The van der Waals surface area contributed by atoms with Gasteiger partial charge in [-0.05, 0) is 35.8 Å². The Morgan fingerprint density at radius 3 is 2.56 bits per heavy atom. The van der Waals surface area contributed by atoms with Gasteiger partial charge in [0.05, 0.1) is 23.2 Å². The van der Waals surface area contributed by atoms with E-state index in [0.717, 1.165) is 6.07 Å². The number of anilines is 3. The first-order chi connectivity index (χ1) is 12.5. The van der Waals surface area contributed by atoms with Crippen LogP contribution in [0.1, 0.15) is 19.4 Å². The molecule has 2 aromatic rings. The minimum absolute atomic E-state index is 0.0711. The zero-order valence-electron chi connectivity index (χ0n) is 14.5. The molecule has 0 spiro atoms. The number of rotatable bonds is 7. The van der Waals surface area contributed by atoms with E-state index in [0.29, 0.717) is 10.3 Å². The molecule has 27 heavy (non-hydrogen) atoms. The average Bonchev–Trinajstić information content (AvgIpc) is 2.55. The largest absolute Gasteiger partial charge is 0.506 e. The summed E-state index contributed by atoms with van der Waals surface area (Å²) in [6, 6.07) is 2.18. The van der Waals surface area contributed by atoms with Gasteiger partial charge in [0.15, 0.2) is 0 Å². The number of aromatic hydroxyl groups is 1. The second-order valence-corrected chi connectivity index (χ2v) is 8.23. The predicted molar refractivity (Wildman–Crippen MR) is 103 cm³/mol. The summed E-state index contributed by atoms with van der Waals surface area (Å²) in [5, 5.41) is 39.9. The molecule has 0 saturated carbocycles. The molecule has 7 N–H and O–H groups in total. The molecule has 1 aromatic carbocycles.